The maximum Gasteiger partial charge on any atom is 0.324 e. The molecule has 0 bridgehead atoms. The average molecular weight is 519 g/mol. The highest BCUT2D eigenvalue weighted by Crippen LogP contribution is 2.33. The molecule has 0 saturated heterocycles. The van der Waals surface area contributed by atoms with Crippen molar-refractivity contribution in [3.63, 3.8) is 0 Å². The van der Waals surface area contributed by atoms with E-state index in [9.17, 15) is 4.79 Å². The predicted molar refractivity (Wildman–Crippen MR) is 126 cm³/mol. The number of carbonyl (C=O) groups is 1. The molecule has 0 saturated carbocycles. The summed E-state index contributed by atoms with van der Waals surface area (Å²) in [4.78, 5) is 15.7. The van der Waals surface area contributed by atoms with Crippen molar-refractivity contribution in [3.05, 3.63) is 84.9 Å². The fourth-order valence-corrected chi connectivity index (χ4v) is 4.95. The van der Waals surface area contributed by atoms with Gasteiger partial charge >= 0.3 is 5.97 Å². The number of ether oxygens (including phenoxy) is 2. The van der Waals surface area contributed by atoms with Gasteiger partial charge in [-0.2, -0.15) is 0 Å². The third-order valence-corrected chi connectivity index (χ3v) is 6.71. The van der Waals surface area contributed by atoms with Crippen LogP contribution in [0, 0.1) is 0 Å². The second-order valence-corrected chi connectivity index (χ2v) is 11.7. The molecular formula is C24H24IO3S+. The Morgan fingerprint density at radius 3 is 1.90 bits per heavy atom. The van der Waals surface area contributed by atoms with Gasteiger partial charge in [0.25, 0.3) is 0 Å². The molecule has 0 aromatic heterocycles. The minimum absolute atomic E-state index is 0.254. The first-order valence-corrected chi connectivity index (χ1v) is 11.7. The van der Waals surface area contributed by atoms with E-state index in [-0.39, 0.29) is 16.9 Å². The molecule has 0 N–H and O–H groups in total. The Labute approximate surface area is 188 Å². The summed E-state index contributed by atoms with van der Waals surface area (Å²) in [5, 5.41) is 0. The Morgan fingerprint density at radius 2 is 1.38 bits per heavy atom. The highest BCUT2D eigenvalue weighted by Gasteiger charge is 2.30. The summed E-state index contributed by atoms with van der Waals surface area (Å²) in [6.07, 6.45) is -0.665. The molecule has 0 spiro atoms. The molecule has 0 aliphatic rings. The first-order chi connectivity index (χ1) is 13.8. The molecule has 0 radical (unpaired) electrons. The number of rotatable bonds is 7. The highest BCUT2D eigenvalue weighted by atomic mass is 127. The van der Waals surface area contributed by atoms with Crippen LogP contribution in [0.3, 0.4) is 0 Å². The van der Waals surface area contributed by atoms with E-state index in [1.165, 1.54) is 9.79 Å². The van der Waals surface area contributed by atoms with E-state index in [0.717, 1.165) is 4.90 Å². The molecular weight excluding hydrogens is 495 g/mol. The third kappa shape index (κ3) is 6.00. The van der Waals surface area contributed by atoms with Crippen LogP contribution in [0.2, 0.25) is 0 Å². The van der Waals surface area contributed by atoms with Gasteiger partial charge in [-0.3, -0.25) is 4.79 Å². The van der Waals surface area contributed by atoms with Gasteiger partial charge in [-0.05, 0) is 50.2 Å². The van der Waals surface area contributed by atoms with Crippen LogP contribution in [0.5, 0.6) is 5.75 Å². The smallest absolute Gasteiger partial charge is 0.324 e. The summed E-state index contributed by atoms with van der Waals surface area (Å²) in [5.41, 5.74) is 0. The minimum Gasteiger partial charge on any atom is -0.455 e. The van der Waals surface area contributed by atoms with E-state index in [2.05, 4.69) is 77.2 Å². The van der Waals surface area contributed by atoms with E-state index in [1.807, 2.05) is 44.2 Å². The van der Waals surface area contributed by atoms with E-state index in [0.29, 0.717) is 5.75 Å². The summed E-state index contributed by atoms with van der Waals surface area (Å²) in [6.45, 7) is 5.37. The lowest BCUT2D eigenvalue weighted by Gasteiger charge is -2.20. The lowest BCUT2D eigenvalue weighted by atomic mass is 10.2. The number of hydrogen-bond donors (Lipinski definition) is 0. The summed E-state index contributed by atoms with van der Waals surface area (Å²) < 4.78 is 10.7. The first kappa shape index (κ1) is 21.7. The quantitative estimate of drug-likeness (QED) is 0.122. The molecule has 0 heterocycles. The van der Waals surface area contributed by atoms with Crippen LogP contribution >= 0.6 is 22.6 Å². The summed E-state index contributed by atoms with van der Waals surface area (Å²) >= 11 is 2.06. The fraction of sp³-hybridized carbons (Fsp3) is 0.208. The fourth-order valence-electron chi connectivity index (χ4n) is 2.70. The van der Waals surface area contributed by atoms with Crippen LogP contribution in [0.1, 0.15) is 20.8 Å². The molecule has 3 aromatic rings. The van der Waals surface area contributed by atoms with Crippen LogP contribution in [0.4, 0.5) is 0 Å². The Kier molecular flexibility index (Phi) is 7.24. The van der Waals surface area contributed by atoms with E-state index >= 15 is 0 Å². The largest absolute Gasteiger partial charge is 0.455 e. The molecule has 150 valence electrons. The van der Waals surface area contributed by atoms with Crippen LogP contribution in [-0.2, 0) is 20.4 Å². The van der Waals surface area contributed by atoms with Gasteiger partial charge in [-0.15, -0.1) is 0 Å². The molecule has 5 heteroatoms. The number of hydrogen-bond acceptors (Lipinski definition) is 3. The second kappa shape index (κ2) is 9.67. The maximum atomic E-state index is 12.1. The molecule has 0 fully saturated rings. The highest BCUT2D eigenvalue weighted by molar-refractivity contribution is 14.1. The Morgan fingerprint density at radius 1 is 0.862 bits per heavy atom. The summed E-state index contributed by atoms with van der Waals surface area (Å²) in [7, 11) is -0.254. The van der Waals surface area contributed by atoms with Gasteiger partial charge in [-0.1, -0.05) is 65.1 Å². The number of carbonyl (C=O) groups excluding carboxylic acids is 1. The molecule has 3 aromatic carbocycles. The average Bonchev–Trinajstić information content (AvgIpc) is 2.69. The van der Waals surface area contributed by atoms with Gasteiger partial charge in [0.2, 0.25) is 6.29 Å². The van der Waals surface area contributed by atoms with Crippen molar-refractivity contribution in [1.29, 1.82) is 0 Å². The van der Waals surface area contributed by atoms with Crippen molar-refractivity contribution in [2.45, 2.75) is 45.2 Å². The van der Waals surface area contributed by atoms with Gasteiger partial charge < -0.3 is 9.47 Å². The van der Waals surface area contributed by atoms with E-state index in [4.69, 9.17) is 9.47 Å². The maximum absolute atomic E-state index is 12.1. The third-order valence-electron chi connectivity index (χ3n) is 4.06. The van der Waals surface area contributed by atoms with Gasteiger partial charge in [0.15, 0.2) is 14.7 Å². The van der Waals surface area contributed by atoms with E-state index in [1.54, 1.807) is 6.92 Å². The zero-order valence-corrected chi connectivity index (χ0v) is 19.6. The van der Waals surface area contributed by atoms with Crippen molar-refractivity contribution in [1.82, 2.24) is 0 Å². The monoisotopic (exact) mass is 519 g/mol. The van der Waals surface area contributed by atoms with Crippen molar-refractivity contribution in [3.8, 4) is 5.75 Å². The van der Waals surface area contributed by atoms with Crippen molar-refractivity contribution in [2.24, 2.45) is 0 Å². The van der Waals surface area contributed by atoms with Crippen molar-refractivity contribution in [2.75, 3.05) is 0 Å². The SMILES string of the molecule is CC(OC(=O)C(C)(C)I)Oc1cccc([S+](c2ccccc2)c2ccccc2)c1. The lowest BCUT2D eigenvalue weighted by molar-refractivity contribution is -0.162. The Bertz CT molecular complexity index is 900. The van der Waals surface area contributed by atoms with Gasteiger partial charge in [0.05, 0.1) is 10.9 Å². The number of halogens is 1. The summed E-state index contributed by atoms with van der Waals surface area (Å²) in [6, 6.07) is 28.9. The van der Waals surface area contributed by atoms with Crippen molar-refractivity contribution < 1.29 is 14.3 Å². The Hall–Kier alpha value is -1.99. The number of esters is 1. The predicted octanol–water partition coefficient (Wildman–Crippen LogP) is 6.26. The number of alkyl halides is 1. The molecule has 0 amide bonds. The van der Waals surface area contributed by atoms with Crippen LogP contribution in [0.15, 0.2) is 99.6 Å². The van der Waals surface area contributed by atoms with Crippen LogP contribution < -0.4 is 4.74 Å². The van der Waals surface area contributed by atoms with Gasteiger partial charge in [0.1, 0.15) is 9.17 Å². The summed E-state index contributed by atoms with van der Waals surface area (Å²) in [5.74, 6) is 0.383. The van der Waals surface area contributed by atoms with Crippen LogP contribution in [0.25, 0.3) is 0 Å². The van der Waals surface area contributed by atoms with Crippen molar-refractivity contribution >= 4 is 39.5 Å². The molecule has 1 unspecified atom stereocenters. The second-order valence-electron chi connectivity index (χ2n) is 6.97. The molecule has 1 atom stereocenters. The molecule has 0 aliphatic heterocycles. The molecule has 0 aliphatic carbocycles. The zero-order valence-electron chi connectivity index (χ0n) is 16.7. The lowest BCUT2D eigenvalue weighted by Crippen LogP contribution is -2.32. The van der Waals surface area contributed by atoms with Crippen LogP contribution in [-0.4, -0.2) is 15.7 Å². The number of benzene rings is 3. The van der Waals surface area contributed by atoms with Gasteiger partial charge in [0, 0.05) is 13.0 Å². The zero-order chi connectivity index (χ0) is 20.9. The first-order valence-electron chi connectivity index (χ1n) is 9.36. The molecule has 3 nitrogen and oxygen atoms in total. The standard InChI is InChI=1S/C24H24IO3S/c1-18(28-23(26)24(2,3)25)27-19-11-10-16-22(17-19)29(20-12-6-4-7-13-20)21-14-8-5-9-15-21/h4-18H,1-3H3/q+1. The molecule has 3 rings (SSSR count). The normalized spacial score (nSPS) is 12.4. The topological polar surface area (TPSA) is 35.5 Å². The minimum atomic E-state index is -0.665. The molecule has 29 heavy (non-hydrogen) atoms. The van der Waals surface area contributed by atoms with Gasteiger partial charge in [-0.25, -0.2) is 0 Å². The Balaban J connectivity index is 1.87. The van der Waals surface area contributed by atoms with E-state index < -0.39 is 9.71 Å².